The van der Waals surface area contributed by atoms with Crippen LogP contribution in [0.2, 0.25) is 0 Å². The number of rotatable bonds is 3. The van der Waals surface area contributed by atoms with Crippen molar-refractivity contribution < 1.29 is 12.8 Å². The first-order valence-corrected chi connectivity index (χ1v) is 5.81. The zero-order valence-corrected chi connectivity index (χ0v) is 8.59. The molecule has 2 nitrogen and oxygen atoms in total. The molecule has 0 unspecified atom stereocenters. The van der Waals surface area contributed by atoms with Crippen LogP contribution in [0.1, 0.15) is 6.92 Å². The molecule has 4 heteroatoms. The van der Waals surface area contributed by atoms with Crippen LogP contribution in [-0.2, 0) is 9.84 Å². The van der Waals surface area contributed by atoms with Crippen LogP contribution < -0.4 is 0 Å². The third kappa shape index (κ3) is 2.67. The van der Waals surface area contributed by atoms with Crippen LogP contribution >= 0.6 is 0 Å². The molecule has 1 aromatic rings. The molecule has 0 bridgehead atoms. The van der Waals surface area contributed by atoms with Gasteiger partial charge in [-0.1, -0.05) is 12.2 Å². The quantitative estimate of drug-likeness (QED) is 0.571. The summed E-state index contributed by atoms with van der Waals surface area (Å²) in [5.41, 5.74) is 0. The van der Waals surface area contributed by atoms with Crippen LogP contribution in [0.5, 0.6) is 0 Å². The van der Waals surface area contributed by atoms with Crippen molar-refractivity contribution in [2.75, 3.05) is 5.75 Å². The van der Waals surface area contributed by atoms with Crippen molar-refractivity contribution in [1.29, 1.82) is 0 Å². The Bertz CT molecular complexity index is 418. The fourth-order valence-corrected chi connectivity index (χ4v) is 2.15. The lowest BCUT2D eigenvalue weighted by Gasteiger charge is -2.00. The SMILES string of the molecule is C/C=C/CS(=O)(=O)c1ccc(F)cc1. The van der Waals surface area contributed by atoms with E-state index in [2.05, 4.69) is 0 Å². The second kappa shape index (κ2) is 4.37. The van der Waals surface area contributed by atoms with E-state index < -0.39 is 15.7 Å². The van der Waals surface area contributed by atoms with E-state index in [1.807, 2.05) is 0 Å². The van der Waals surface area contributed by atoms with Gasteiger partial charge in [-0.3, -0.25) is 0 Å². The summed E-state index contributed by atoms with van der Waals surface area (Å²) in [5, 5.41) is 0. The maximum absolute atomic E-state index is 12.5. The van der Waals surface area contributed by atoms with E-state index in [4.69, 9.17) is 0 Å². The number of hydrogen-bond donors (Lipinski definition) is 0. The summed E-state index contributed by atoms with van der Waals surface area (Å²) < 4.78 is 35.6. The molecule has 0 N–H and O–H groups in total. The van der Waals surface area contributed by atoms with Crippen molar-refractivity contribution in [3.63, 3.8) is 0 Å². The normalized spacial score (nSPS) is 12.1. The van der Waals surface area contributed by atoms with E-state index >= 15 is 0 Å². The highest BCUT2D eigenvalue weighted by molar-refractivity contribution is 7.91. The zero-order valence-electron chi connectivity index (χ0n) is 7.77. The Balaban J connectivity index is 2.99. The third-order valence-corrected chi connectivity index (χ3v) is 3.35. The molecule has 0 amide bonds. The Labute approximate surface area is 83.0 Å². The highest BCUT2D eigenvalue weighted by atomic mass is 32.2. The maximum Gasteiger partial charge on any atom is 0.181 e. The number of hydrogen-bond acceptors (Lipinski definition) is 2. The largest absolute Gasteiger partial charge is 0.223 e. The summed E-state index contributed by atoms with van der Waals surface area (Å²) >= 11 is 0. The first kappa shape index (κ1) is 10.9. The minimum atomic E-state index is -3.29. The molecule has 14 heavy (non-hydrogen) atoms. The minimum Gasteiger partial charge on any atom is -0.223 e. The summed E-state index contributed by atoms with van der Waals surface area (Å²) in [5.74, 6) is -0.482. The Kier molecular flexibility index (Phi) is 3.41. The summed E-state index contributed by atoms with van der Waals surface area (Å²) in [6, 6.07) is 4.83. The van der Waals surface area contributed by atoms with Gasteiger partial charge in [0.2, 0.25) is 0 Å². The van der Waals surface area contributed by atoms with E-state index in [1.165, 1.54) is 12.1 Å². The molecule has 1 rings (SSSR count). The van der Waals surface area contributed by atoms with Gasteiger partial charge in [-0.15, -0.1) is 0 Å². The molecule has 0 spiro atoms. The van der Waals surface area contributed by atoms with Crippen molar-refractivity contribution in [3.05, 3.63) is 42.2 Å². The van der Waals surface area contributed by atoms with Crippen LogP contribution in [0.15, 0.2) is 41.3 Å². The van der Waals surface area contributed by atoms with Gasteiger partial charge in [0.15, 0.2) is 9.84 Å². The van der Waals surface area contributed by atoms with Gasteiger partial charge in [0, 0.05) is 0 Å². The number of halogens is 1. The molecule has 0 aromatic heterocycles. The molecule has 1 aromatic carbocycles. The van der Waals surface area contributed by atoms with Crippen LogP contribution in [0.3, 0.4) is 0 Å². The van der Waals surface area contributed by atoms with Crippen LogP contribution in [0.4, 0.5) is 4.39 Å². The summed E-state index contributed by atoms with van der Waals surface area (Å²) in [6.07, 6.45) is 3.22. The lowest BCUT2D eigenvalue weighted by atomic mass is 10.4. The molecule has 0 atom stereocenters. The molecule has 0 aliphatic carbocycles. The summed E-state index contributed by atoms with van der Waals surface area (Å²) in [4.78, 5) is 0.150. The van der Waals surface area contributed by atoms with Gasteiger partial charge in [-0.25, -0.2) is 12.8 Å². The fraction of sp³-hybridized carbons (Fsp3) is 0.200. The second-order valence-electron chi connectivity index (χ2n) is 2.80. The van der Waals surface area contributed by atoms with E-state index in [1.54, 1.807) is 19.1 Å². The van der Waals surface area contributed by atoms with Crippen molar-refractivity contribution in [3.8, 4) is 0 Å². The predicted molar refractivity (Wildman–Crippen MR) is 53.3 cm³/mol. The Morgan fingerprint density at radius 3 is 2.36 bits per heavy atom. The van der Waals surface area contributed by atoms with Gasteiger partial charge in [0.05, 0.1) is 10.6 Å². The minimum absolute atomic E-state index is 0.0465. The molecule has 0 saturated carbocycles. The lowest BCUT2D eigenvalue weighted by molar-refractivity contribution is 0.597. The van der Waals surface area contributed by atoms with E-state index in [0.717, 1.165) is 12.1 Å². The van der Waals surface area contributed by atoms with Crippen molar-refractivity contribution in [2.24, 2.45) is 0 Å². The monoisotopic (exact) mass is 214 g/mol. The number of allylic oxidation sites excluding steroid dienone is 1. The molecular formula is C10H11FO2S. The van der Waals surface area contributed by atoms with Gasteiger partial charge in [0.1, 0.15) is 5.82 Å². The number of benzene rings is 1. The van der Waals surface area contributed by atoms with Gasteiger partial charge in [0.25, 0.3) is 0 Å². The average molecular weight is 214 g/mol. The topological polar surface area (TPSA) is 34.1 Å². The third-order valence-electron chi connectivity index (χ3n) is 1.72. The molecule has 0 saturated heterocycles. The first-order valence-electron chi connectivity index (χ1n) is 4.16. The summed E-state index contributed by atoms with van der Waals surface area (Å²) in [7, 11) is -3.29. The van der Waals surface area contributed by atoms with Crippen LogP contribution in [0.25, 0.3) is 0 Å². The molecule has 76 valence electrons. The zero-order chi connectivity index (χ0) is 10.6. The maximum atomic E-state index is 12.5. The van der Waals surface area contributed by atoms with Crippen LogP contribution in [-0.4, -0.2) is 14.2 Å². The fourth-order valence-electron chi connectivity index (χ4n) is 0.961. The number of sulfone groups is 1. The lowest BCUT2D eigenvalue weighted by Crippen LogP contribution is -2.04. The van der Waals surface area contributed by atoms with E-state index in [-0.39, 0.29) is 10.6 Å². The molecule has 0 aliphatic heterocycles. The predicted octanol–water partition coefficient (Wildman–Crippen LogP) is 2.18. The smallest absolute Gasteiger partial charge is 0.181 e. The molecule has 0 radical (unpaired) electrons. The van der Waals surface area contributed by atoms with Gasteiger partial charge < -0.3 is 0 Å². The summed E-state index contributed by atoms with van der Waals surface area (Å²) in [6.45, 7) is 1.75. The molecular weight excluding hydrogens is 203 g/mol. The second-order valence-corrected chi connectivity index (χ2v) is 4.84. The van der Waals surface area contributed by atoms with E-state index in [9.17, 15) is 12.8 Å². The Morgan fingerprint density at radius 1 is 1.29 bits per heavy atom. The van der Waals surface area contributed by atoms with Crippen molar-refractivity contribution in [1.82, 2.24) is 0 Å². The van der Waals surface area contributed by atoms with Crippen LogP contribution in [0, 0.1) is 5.82 Å². The molecule has 0 aliphatic rings. The van der Waals surface area contributed by atoms with Gasteiger partial charge >= 0.3 is 0 Å². The standard InChI is InChI=1S/C10H11FO2S/c1-2-3-8-14(12,13)10-6-4-9(11)5-7-10/h2-7H,8H2,1H3/b3-2+. The highest BCUT2D eigenvalue weighted by Crippen LogP contribution is 2.11. The van der Waals surface area contributed by atoms with Crippen molar-refractivity contribution in [2.45, 2.75) is 11.8 Å². The first-order chi connectivity index (χ1) is 6.56. The highest BCUT2D eigenvalue weighted by Gasteiger charge is 2.11. The van der Waals surface area contributed by atoms with Crippen molar-refractivity contribution >= 4 is 9.84 Å². The van der Waals surface area contributed by atoms with Gasteiger partial charge in [-0.2, -0.15) is 0 Å². The van der Waals surface area contributed by atoms with E-state index in [0.29, 0.717) is 0 Å². The molecule has 0 heterocycles. The average Bonchev–Trinajstić information content (AvgIpc) is 2.16. The van der Waals surface area contributed by atoms with Gasteiger partial charge in [-0.05, 0) is 31.2 Å². The Morgan fingerprint density at radius 2 is 1.86 bits per heavy atom. The molecule has 0 fully saturated rings. The Hall–Kier alpha value is -1.16.